The van der Waals surface area contributed by atoms with Crippen LogP contribution < -0.4 is 10.6 Å². The number of hydrogen-bond acceptors (Lipinski definition) is 7. The molecule has 9 heteroatoms. The number of amides is 1. The summed E-state index contributed by atoms with van der Waals surface area (Å²) in [5, 5.41) is 11.5. The molecule has 1 aliphatic rings. The molecule has 1 saturated heterocycles. The van der Waals surface area contributed by atoms with Crippen molar-refractivity contribution < 1.29 is 4.79 Å². The number of anilines is 1. The topological polar surface area (TPSA) is 101 Å². The lowest BCUT2D eigenvalue weighted by atomic mass is 10.2. The van der Waals surface area contributed by atoms with Gasteiger partial charge in [-0.3, -0.25) is 19.4 Å². The summed E-state index contributed by atoms with van der Waals surface area (Å²) >= 11 is 0. The zero-order chi connectivity index (χ0) is 18.6. The molecule has 9 nitrogen and oxygen atoms in total. The molecule has 1 amide bonds. The Morgan fingerprint density at radius 1 is 1.26 bits per heavy atom. The first-order valence-corrected chi connectivity index (χ1v) is 9.04. The van der Waals surface area contributed by atoms with Crippen LogP contribution in [0.4, 0.5) is 5.82 Å². The van der Waals surface area contributed by atoms with E-state index in [0.29, 0.717) is 12.4 Å². The van der Waals surface area contributed by atoms with Gasteiger partial charge in [0.15, 0.2) is 11.5 Å². The van der Waals surface area contributed by atoms with Gasteiger partial charge < -0.3 is 10.6 Å². The lowest BCUT2D eigenvalue weighted by Gasteiger charge is -2.26. The first-order chi connectivity index (χ1) is 13.2. The fraction of sp³-hybridized carbons (Fsp3) is 0.389. The van der Waals surface area contributed by atoms with Crippen molar-refractivity contribution in [2.24, 2.45) is 7.05 Å². The van der Waals surface area contributed by atoms with Crippen LogP contribution in [0.15, 0.2) is 30.7 Å². The number of rotatable bonds is 6. The van der Waals surface area contributed by atoms with E-state index >= 15 is 0 Å². The van der Waals surface area contributed by atoms with Gasteiger partial charge in [0, 0.05) is 51.2 Å². The summed E-state index contributed by atoms with van der Waals surface area (Å²) in [7, 11) is 1.87. The Kier molecular flexibility index (Phi) is 4.93. The summed E-state index contributed by atoms with van der Waals surface area (Å²) in [6.07, 6.45) is 6.16. The maximum absolute atomic E-state index is 11.4. The van der Waals surface area contributed by atoms with E-state index in [2.05, 4.69) is 30.6 Å². The number of carbonyl (C=O) groups excluding carboxylic acids is 1. The van der Waals surface area contributed by atoms with E-state index < -0.39 is 0 Å². The van der Waals surface area contributed by atoms with Crippen molar-refractivity contribution in [2.75, 3.05) is 38.0 Å². The van der Waals surface area contributed by atoms with Crippen molar-refractivity contribution >= 4 is 22.8 Å². The molecule has 0 unspecified atom stereocenters. The van der Waals surface area contributed by atoms with Gasteiger partial charge in [0.05, 0.1) is 18.1 Å². The predicted octanol–water partition coefficient (Wildman–Crippen LogP) is 0.659. The Morgan fingerprint density at radius 2 is 2.11 bits per heavy atom. The average molecular weight is 366 g/mol. The highest BCUT2D eigenvalue weighted by Crippen LogP contribution is 2.24. The molecule has 3 aromatic heterocycles. The van der Waals surface area contributed by atoms with Crippen LogP contribution in [0.5, 0.6) is 0 Å². The van der Waals surface area contributed by atoms with Crippen molar-refractivity contribution in [3.8, 4) is 11.4 Å². The Labute approximate surface area is 156 Å². The largest absolute Gasteiger partial charge is 0.369 e. The lowest BCUT2D eigenvalue weighted by Crippen LogP contribution is -2.47. The zero-order valence-corrected chi connectivity index (χ0v) is 15.2. The molecule has 0 aromatic carbocycles. The summed E-state index contributed by atoms with van der Waals surface area (Å²) in [6, 6.07) is 3.78. The third-order valence-corrected chi connectivity index (χ3v) is 4.59. The van der Waals surface area contributed by atoms with Gasteiger partial charge in [0.1, 0.15) is 5.82 Å². The molecule has 0 bridgehead atoms. The minimum absolute atomic E-state index is 0.101. The minimum atomic E-state index is 0.101. The lowest BCUT2D eigenvalue weighted by molar-refractivity contribution is -0.124. The molecule has 4 heterocycles. The summed E-state index contributed by atoms with van der Waals surface area (Å²) in [4.78, 5) is 27.0. The number of piperazine rings is 1. The molecule has 0 aliphatic carbocycles. The number of aromatic nitrogens is 5. The molecule has 2 N–H and O–H groups in total. The summed E-state index contributed by atoms with van der Waals surface area (Å²) in [5.41, 5.74) is 1.70. The molecular weight excluding hydrogens is 344 g/mol. The fourth-order valence-corrected chi connectivity index (χ4v) is 3.18. The Bertz CT molecular complexity index is 939. The Hall–Kier alpha value is -3.07. The molecule has 140 valence electrons. The number of hydrogen-bond donors (Lipinski definition) is 2. The molecule has 27 heavy (non-hydrogen) atoms. The van der Waals surface area contributed by atoms with Crippen molar-refractivity contribution in [1.29, 1.82) is 0 Å². The number of fused-ring (bicyclic) bond motifs is 1. The van der Waals surface area contributed by atoms with Gasteiger partial charge in [0.2, 0.25) is 5.91 Å². The minimum Gasteiger partial charge on any atom is -0.369 e. The van der Waals surface area contributed by atoms with Crippen molar-refractivity contribution in [3.05, 3.63) is 30.7 Å². The van der Waals surface area contributed by atoms with E-state index in [1.165, 1.54) is 0 Å². The maximum Gasteiger partial charge on any atom is 0.234 e. The van der Waals surface area contributed by atoms with E-state index in [-0.39, 0.29) is 5.91 Å². The van der Waals surface area contributed by atoms with Crippen LogP contribution in [-0.2, 0) is 11.8 Å². The van der Waals surface area contributed by atoms with E-state index in [4.69, 9.17) is 4.98 Å². The van der Waals surface area contributed by atoms with Gasteiger partial charge in [-0.15, -0.1) is 0 Å². The summed E-state index contributed by atoms with van der Waals surface area (Å²) in [5.74, 6) is 1.52. The molecule has 3 aromatic rings. The molecule has 0 atom stereocenters. The average Bonchev–Trinajstić information content (AvgIpc) is 3.07. The second-order valence-corrected chi connectivity index (χ2v) is 6.54. The molecular formula is C18H22N8O. The van der Waals surface area contributed by atoms with Crippen molar-refractivity contribution in [2.45, 2.75) is 6.42 Å². The first kappa shape index (κ1) is 17.3. The number of carbonyl (C=O) groups is 1. The monoisotopic (exact) mass is 366 g/mol. The normalized spacial score (nSPS) is 15.1. The molecule has 0 spiro atoms. The van der Waals surface area contributed by atoms with Gasteiger partial charge in [0.25, 0.3) is 0 Å². The quantitative estimate of drug-likeness (QED) is 0.618. The van der Waals surface area contributed by atoms with Crippen LogP contribution in [0.2, 0.25) is 0 Å². The third-order valence-electron chi connectivity index (χ3n) is 4.59. The van der Waals surface area contributed by atoms with Crippen molar-refractivity contribution in [3.63, 3.8) is 0 Å². The summed E-state index contributed by atoms with van der Waals surface area (Å²) < 4.78 is 1.75. The highest BCUT2D eigenvalue weighted by atomic mass is 16.2. The highest BCUT2D eigenvalue weighted by Gasteiger charge is 2.16. The molecule has 1 aliphatic heterocycles. The van der Waals surface area contributed by atoms with Crippen LogP contribution in [-0.4, -0.2) is 68.3 Å². The van der Waals surface area contributed by atoms with E-state index in [1.807, 2.05) is 19.2 Å². The number of nitrogens with one attached hydrogen (secondary N) is 2. The maximum atomic E-state index is 11.4. The van der Waals surface area contributed by atoms with Gasteiger partial charge in [-0.05, 0) is 18.6 Å². The molecule has 4 rings (SSSR count). The smallest absolute Gasteiger partial charge is 0.234 e. The predicted molar refractivity (Wildman–Crippen MR) is 102 cm³/mol. The highest BCUT2D eigenvalue weighted by molar-refractivity contribution is 5.88. The van der Waals surface area contributed by atoms with Crippen LogP contribution in [0.1, 0.15) is 6.42 Å². The Balaban J connectivity index is 1.48. The van der Waals surface area contributed by atoms with Gasteiger partial charge in [-0.1, -0.05) is 0 Å². The Morgan fingerprint density at radius 3 is 2.93 bits per heavy atom. The van der Waals surface area contributed by atoms with Crippen LogP contribution in [0, 0.1) is 0 Å². The number of aryl methyl sites for hydroxylation is 1. The second-order valence-electron chi connectivity index (χ2n) is 6.54. The zero-order valence-electron chi connectivity index (χ0n) is 15.2. The van der Waals surface area contributed by atoms with Crippen molar-refractivity contribution in [1.82, 2.24) is 34.9 Å². The fourth-order valence-electron chi connectivity index (χ4n) is 3.18. The molecule has 1 fully saturated rings. The van der Waals surface area contributed by atoms with Gasteiger partial charge >= 0.3 is 0 Å². The van der Waals surface area contributed by atoms with Gasteiger partial charge in [-0.25, -0.2) is 9.97 Å². The number of nitrogens with zero attached hydrogens (tertiary/aromatic N) is 6. The SMILES string of the molecule is Cn1ncc2c(NCCCN3CCNC(=O)C3)nc(-c3ccncc3)nc21. The van der Waals surface area contributed by atoms with Crippen LogP contribution in [0.25, 0.3) is 22.4 Å². The first-order valence-electron chi connectivity index (χ1n) is 9.04. The third kappa shape index (κ3) is 3.87. The van der Waals surface area contributed by atoms with E-state index in [1.54, 1.807) is 23.3 Å². The van der Waals surface area contributed by atoms with Gasteiger partial charge in [-0.2, -0.15) is 5.10 Å². The standard InChI is InChI=1S/C18H22N8O/c1-25-18-14(11-22-25)17(23-16(24-18)13-3-6-19-7-4-13)21-5-2-9-26-10-8-20-15(27)12-26/h3-4,6-7,11H,2,5,8-10,12H2,1H3,(H,20,27)(H,21,23,24). The summed E-state index contributed by atoms with van der Waals surface area (Å²) in [6.45, 7) is 3.74. The van der Waals surface area contributed by atoms with Crippen LogP contribution in [0.3, 0.4) is 0 Å². The second kappa shape index (κ2) is 7.67. The van der Waals surface area contributed by atoms with Crippen LogP contribution >= 0.6 is 0 Å². The van der Waals surface area contributed by atoms with E-state index in [9.17, 15) is 4.79 Å². The molecule has 0 radical (unpaired) electrons. The number of pyridine rings is 1. The van der Waals surface area contributed by atoms with E-state index in [0.717, 1.165) is 55.0 Å². The molecule has 0 saturated carbocycles.